The summed E-state index contributed by atoms with van der Waals surface area (Å²) in [5, 5.41) is 13.3. The molecule has 156 valence electrons. The topological polar surface area (TPSA) is 20.2 Å². The molecule has 3 aromatic rings. The van der Waals surface area contributed by atoms with Crippen molar-refractivity contribution in [1.82, 2.24) is 0 Å². The van der Waals surface area contributed by atoms with E-state index in [0.717, 1.165) is 18.2 Å². The number of phenolic OH excluding ortho intramolecular Hbond substituents is 1. The molecule has 3 aromatic carbocycles. The van der Waals surface area contributed by atoms with E-state index in [1.54, 1.807) is 0 Å². The number of phenols is 1. The van der Waals surface area contributed by atoms with Crippen molar-refractivity contribution in [2.75, 3.05) is 0 Å². The van der Waals surface area contributed by atoms with Crippen LogP contribution in [-0.2, 0) is 5.41 Å². The summed E-state index contributed by atoms with van der Waals surface area (Å²) in [6.07, 6.45) is 3.49. The maximum absolute atomic E-state index is 11.2. The van der Waals surface area contributed by atoms with Gasteiger partial charge >= 0.3 is 0 Å². The molecule has 0 amide bonds. The van der Waals surface area contributed by atoms with Gasteiger partial charge in [0.15, 0.2) is 0 Å². The van der Waals surface area contributed by atoms with Crippen molar-refractivity contribution in [1.29, 1.82) is 0 Å². The third-order valence-corrected chi connectivity index (χ3v) is 7.72. The van der Waals surface area contributed by atoms with Crippen molar-refractivity contribution in [2.45, 2.75) is 73.1 Å². The lowest BCUT2D eigenvalue weighted by molar-refractivity contribution is 0.0645. The Kier molecular flexibility index (Phi) is 3.87. The molecule has 1 fully saturated rings. The number of aromatic hydroxyl groups is 1. The van der Waals surface area contributed by atoms with E-state index in [0.29, 0.717) is 5.75 Å². The second-order valence-corrected chi connectivity index (χ2v) is 11.8. The first-order chi connectivity index (χ1) is 13.9. The Bertz CT molecular complexity index is 1190. The van der Waals surface area contributed by atoms with Crippen LogP contribution in [-0.4, -0.2) is 5.11 Å². The number of hydrogen-bond acceptors (Lipinski definition) is 1. The fourth-order valence-corrected chi connectivity index (χ4v) is 7.25. The molecule has 0 radical (unpaired) electrons. The summed E-state index contributed by atoms with van der Waals surface area (Å²) >= 11 is 0. The minimum Gasteiger partial charge on any atom is -0.507 e. The number of benzene rings is 3. The highest BCUT2D eigenvalue weighted by Crippen LogP contribution is 2.64. The molecule has 5 rings (SSSR count). The van der Waals surface area contributed by atoms with Gasteiger partial charge in [-0.25, -0.2) is 0 Å². The minimum atomic E-state index is -0.0353. The fourth-order valence-electron chi connectivity index (χ4n) is 7.25. The van der Waals surface area contributed by atoms with Crippen molar-refractivity contribution in [3.05, 3.63) is 64.2 Å². The Morgan fingerprint density at radius 2 is 1.30 bits per heavy atom. The van der Waals surface area contributed by atoms with Gasteiger partial charge in [-0.2, -0.15) is 0 Å². The van der Waals surface area contributed by atoms with Crippen molar-refractivity contribution in [2.24, 2.45) is 10.8 Å². The molecule has 1 saturated carbocycles. The smallest absolute Gasteiger partial charge is 0.123 e. The highest BCUT2D eigenvalue weighted by Gasteiger charge is 2.53. The summed E-state index contributed by atoms with van der Waals surface area (Å²) in [6.45, 7) is 16.2. The van der Waals surface area contributed by atoms with Crippen LogP contribution in [0.15, 0.2) is 36.4 Å². The van der Waals surface area contributed by atoms with E-state index >= 15 is 0 Å². The van der Waals surface area contributed by atoms with Gasteiger partial charge in [-0.05, 0) is 102 Å². The molecule has 0 aromatic heterocycles. The lowest BCUT2D eigenvalue weighted by atomic mass is 9.52. The molecule has 1 N–H and O–H groups in total. The van der Waals surface area contributed by atoms with Crippen LogP contribution in [0.1, 0.15) is 74.8 Å². The van der Waals surface area contributed by atoms with Gasteiger partial charge in [0.1, 0.15) is 5.75 Å². The van der Waals surface area contributed by atoms with Gasteiger partial charge in [0.2, 0.25) is 0 Å². The van der Waals surface area contributed by atoms with Gasteiger partial charge in [0.25, 0.3) is 0 Å². The first-order valence-corrected chi connectivity index (χ1v) is 11.3. The highest BCUT2D eigenvalue weighted by molar-refractivity contribution is 6.05. The zero-order valence-electron chi connectivity index (χ0n) is 19.5. The summed E-state index contributed by atoms with van der Waals surface area (Å²) in [5.41, 5.74) is 9.85. The van der Waals surface area contributed by atoms with Gasteiger partial charge in [-0.15, -0.1) is 0 Å². The highest BCUT2D eigenvalue weighted by atomic mass is 16.3. The Morgan fingerprint density at radius 3 is 1.93 bits per heavy atom. The molecule has 2 aliphatic carbocycles. The van der Waals surface area contributed by atoms with E-state index in [1.807, 2.05) is 0 Å². The zero-order chi connectivity index (χ0) is 21.6. The largest absolute Gasteiger partial charge is 0.507 e. The quantitative estimate of drug-likeness (QED) is 0.407. The summed E-state index contributed by atoms with van der Waals surface area (Å²) in [7, 11) is 0. The number of fused-ring (bicyclic) bond motifs is 7. The molecule has 0 heterocycles. The molecule has 0 aliphatic heterocycles. The summed E-state index contributed by atoms with van der Waals surface area (Å²) < 4.78 is 0. The average molecular weight is 399 g/mol. The Balaban J connectivity index is 1.94. The van der Waals surface area contributed by atoms with Crippen LogP contribution in [0.4, 0.5) is 0 Å². The van der Waals surface area contributed by atoms with Gasteiger partial charge in [0.05, 0.1) is 0 Å². The molecule has 0 atom stereocenters. The zero-order valence-corrected chi connectivity index (χ0v) is 19.5. The van der Waals surface area contributed by atoms with E-state index in [-0.39, 0.29) is 16.2 Å². The Labute approximate surface area is 181 Å². The van der Waals surface area contributed by atoms with Crippen LogP contribution < -0.4 is 0 Å². The van der Waals surface area contributed by atoms with E-state index in [9.17, 15) is 5.11 Å². The molecule has 30 heavy (non-hydrogen) atoms. The third-order valence-electron chi connectivity index (χ3n) is 7.72. The molecule has 1 heteroatoms. The van der Waals surface area contributed by atoms with Crippen LogP contribution in [0.2, 0.25) is 0 Å². The molecule has 1 spiro atoms. The third kappa shape index (κ3) is 2.67. The SMILES string of the molecule is Cc1ccc2c(c1)C1(CC(C)(C)CC(C)(C)C1)c1cc(O)c3cc(C)c(C)cc3c1-2. The maximum Gasteiger partial charge on any atom is 0.123 e. The van der Waals surface area contributed by atoms with Crippen LogP contribution in [0, 0.1) is 31.6 Å². The van der Waals surface area contributed by atoms with E-state index < -0.39 is 0 Å². The van der Waals surface area contributed by atoms with Crippen molar-refractivity contribution >= 4 is 10.8 Å². The molecule has 0 saturated heterocycles. The van der Waals surface area contributed by atoms with Gasteiger partial charge in [0, 0.05) is 10.8 Å². The molecule has 0 bridgehead atoms. The first-order valence-electron chi connectivity index (χ1n) is 11.3. The summed E-state index contributed by atoms with van der Waals surface area (Å²) in [4.78, 5) is 0. The molecule has 1 nitrogen and oxygen atoms in total. The minimum absolute atomic E-state index is 0.0353. The first kappa shape index (κ1) is 19.7. The standard InChI is InChI=1S/C29H34O/c1-17-8-9-20-23(10-17)29(15-27(4,5)14-28(6,7)16-29)24-13-25(30)21-11-18(2)19(3)12-22(21)26(20)24/h8-13,30H,14-16H2,1-7H3. The van der Waals surface area contributed by atoms with E-state index in [1.165, 1.54) is 50.8 Å². The monoisotopic (exact) mass is 398 g/mol. The molecular weight excluding hydrogens is 364 g/mol. The van der Waals surface area contributed by atoms with E-state index in [2.05, 4.69) is 84.9 Å². The fraction of sp³-hybridized carbons (Fsp3) is 0.448. The summed E-state index contributed by atoms with van der Waals surface area (Å²) in [5.74, 6) is 0.428. The second-order valence-electron chi connectivity index (χ2n) is 11.8. The van der Waals surface area contributed by atoms with Gasteiger partial charge in [-0.1, -0.05) is 57.5 Å². The second kappa shape index (κ2) is 5.90. The predicted octanol–water partition coefficient (Wildman–Crippen LogP) is 7.97. The van der Waals surface area contributed by atoms with Crippen LogP contribution in [0.5, 0.6) is 5.75 Å². The number of hydrogen-bond donors (Lipinski definition) is 1. The molecule has 2 aliphatic rings. The van der Waals surface area contributed by atoms with Gasteiger partial charge < -0.3 is 5.11 Å². The van der Waals surface area contributed by atoms with Crippen LogP contribution in [0.25, 0.3) is 21.9 Å². The van der Waals surface area contributed by atoms with Crippen LogP contribution in [0.3, 0.4) is 0 Å². The van der Waals surface area contributed by atoms with E-state index in [4.69, 9.17) is 0 Å². The molecular formula is C29H34O. The van der Waals surface area contributed by atoms with Gasteiger partial charge in [-0.3, -0.25) is 0 Å². The van der Waals surface area contributed by atoms with Crippen molar-refractivity contribution < 1.29 is 5.11 Å². The molecule has 0 unspecified atom stereocenters. The summed E-state index contributed by atoms with van der Waals surface area (Å²) in [6, 6.07) is 13.6. The lowest BCUT2D eigenvalue weighted by Gasteiger charge is -2.51. The lowest BCUT2D eigenvalue weighted by Crippen LogP contribution is -2.43. The van der Waals surface area contributed by atoms with Crippen molar-refractivity contribution in [3.63, 3.8) is 0 Å². The number of rotatable bonds is 0. The normalized spacial score (nSPS) is 20.4. The average Bonchev–Trinajstić information content (AvgIpc) is 2.83. The Hall–Kier alpha value is -2.28. The van der Waals surface area contributed by atoms with Crippen molar-refractivity contribution in [3.8, 4) is 16.9 Å². The Morgan fingerprint density at radius 1 is 0.700 bits per heavy atom. The van der Waals surface area contributed by atoms with Crippen LogP contribution >= 0.6 is 0 Å². The number of aryl methyl sites for hydroxylation is 3. The predicted molar refractivity (Wildman–Crippen MR) is 127 cm³/mol. The maximum atomic E-state index is 11.2.